The van der Waals surface area contributed by atoms with Crippen molar-refractivity contribution in [3.63, 3.8) is 0 Å². The van der Waals surface area contributed by atoms with Gasteiger partial charge in [-0.2, -0.15) is 5.26 Å². The number of carbonyl (C=O) groups is 1. The fourth-order valence-corrected chi connectivity index (χ4v) is 1.79. The number of aliphatic hydroxyl groups excluding tert-OH is 1. The molecule has 2 N–H and O–H groups in total. The van der Waals surface area contributed by atoms with E-state index in [1.807, 2.05) is 19.9 Å². The summed E-state index contributed by atoms with van der Waals surface area (Å²) < 4.78 is 0. The first-order chi connectivity index (χ1) is 8.62. The highest BCUT2D eigenvalue weighted by molar-refractivity contribution is 5.95. The molecule has 1 unspecified atom stereocenters. The second-order valence-corrected chi connectivity index (χ2v) is 4.23. The molecule has 4 heteroatoms. The fraction of sp³-hybridized carbons (Fsp3) is 0.429. The average Bonchev–Trinajstić information content (AvgIpc) is 2.37. The molecule has 0 bridgehead atoms. The quantitative estimate of drug-likeness (QED) is 0.831. The third kappa shape index (κ3) is 3.57. The third-order valence-corrected chi connectivity index (χ3v) is 2.91. The van der Waals surface area contributed by atoms with Crippen molar-refractivity contribution in [1.29, 1.82) is 5.26 Å². The number of hydrogen-bond acceptors (Lipinski definition) is 3. The lowest BCUT2D eigenvalue weighted by Gasteiger charge is -2.16. The van der Waals surface area contributed by atoms with Gasteiger partial charge in [-0.25, -0.2) is 0 Å². The molecule has 0 fully saturated rings. The standard InChI is InChI=1S/C14H18N2O2/c1-3-12(6-7-17)16-14(18)13-5-4-11(9-15)8-10(13)2/h4-5,8,12,17H,3,6-7H2,1-2H3,(H,16,18). The Morgan fingerprint density at radius 1 is 1.56 bits per heavy atom. The Morgan fingerprint density at radius 3 is 2.78 bits per heavy atom. The normalized spacial score (nSPS) is 11.7. The van der Waals surface area contributed by atoms with Crippen molar-refractivity contribution in [2.24, 2.45) is 0 Å². The SMILES string of the molecule is CCC(CCO)NC(=O)c1ccc(C#N)cc1C. The first-order valence-corrected chi connectivity index (χ1v) is 6.04. The summed E-state index contributed by atoms with van der Waals surface area (Å²) in [6.07, 6.45) is 1.33. The minimum atomic E-state index is -0.155. The van der Waals surface area contributed by atoms with Crippen LogP contribution in [0.3, 0.4) is 0 Å². The molecular weight excluding hydrogens is 228 g/mol. The molecule has 1 aromatic carbocycles. The fourth-order valence-electron chi connectivity index (χ4n) is 1.79. The summed E-state index contributed by atoms with van der Waals surface area (Å²) in [5, 5.41) is 20.5. The van der Waals surface area contributed by atoms with Crippen LogP contribution < -0.4 is 5.32 Å². The van der Waals surface area contributed by atoms with Crippen LogP contribution >= 0.6 is 0 Å². The second kappa shape index (κ2) is 6.77. The van der Waals surface area contributed by atoms with Crippen LogP contribution in [0.25, 0.3) is 0 Å². The van der Waals surface area contributed by atoms with Gasteiger partial charge in [0.2, 0.25) is 0 Å². The first-order valence-electron chi connectivity index (χ1n) is 6.04. The molecule has 1 amide bonds. The van der Waals surface area contributed by atoms with E-state index in [4.69, 9.17) is 10.4 Å². The molecule has 0 aliphatic carbocycles. The van der Waals surface area contributed by atoms with Crippen LogP contribution in [0.15, 0.2) is 18.2 Å². The van der Waals surface area contributed by atoms with Gasteiger partial charge < -0.3 is 10.4 Å². The number of amides is 1. The summed E-state index contributed by atoms with van der Waals surface area (Å²) in [7, 11) is 0. The number of carbonyl (C=O) groups excluding carboxylic acids is 1. The molecule has 0 spiro atoms. The molecular formula is C14H18N2O2. The minimum Gasteiger partial charge on any atom is -0.396 e. The Kier molecular flexibility index (Phi) is 5.34. The number of benzene rings is 1. The molecule has 96 valence electrons. The molecule has 0 aliphatic rings. The van der Waals surface area contributed by atoms with Crippen LogP contribution in [0.1, 0.15) is 41.3 Å². The van der Waals surface area contributed by atoms with Crippen molar-refractivity contribution in [2.75, 3.05) is 6.61 Å². The van der Waals surface area contributed by atoms with Crippen LogP contribution in [0, 0.1) is 18.3 Å². The lowest BCUT2D eigenvalue weighted by molar-refractivity contribution is 0.0928. The van der Waals surface area contributed by atoms with Gasteiger partial charge in [-0.1, -0.05) is 6.92 Å². The third-order valence-electron chi connectivity index (χ3n) is 2.91. The van der Waals surface area contributed by atoms with Crippen LogP contribution in [-0.2, 0) is 0 Å². The van der Waals surface area contributed by atoms with E-state index in [-0.39, 0.29) is 18.6 Å². The van der Waals surface area contributed by atoms with Gasteiger partial charge in [0.15, 0.2) is 0 Å². The van der Waals surface area contributed by atoms with E-state index in [1.165, 1.54) is 0 Å². The molecule has 1 rings (SSSR count). The van der Waals surface area contributed by atoms with E-state index in [2.05, 4.69) is 5.32 Å². The van der Waals surface area contributed by atoms with Gasteiger partial charge >= 0.3 is 0 Å². The van der Waals surface area contributed by atoms with Gasteiger partial charge in [0.05, 0.1) is 11.6 Å². The Bertz CT molecular complexity index is 463. The molecule has 0 aromatic heterocycles. The number of rotatable bonds is 5. The summed E-state index contributed by atoms with van der Waals surface area (Å²) in [4.78, 5) is 12.0. The summed E-state index contributed by atoms with van der Waals surface area (Å²) >= 11 is 0. The molecule has 4 nitrogen and oxygen atoms in total. The van der Waals surface area contributed by atoms with E-state index < -0.39 is 0 Å². The van der Waals surface area contributed by atoms with Gasteiger partial charge in [0.1, 0.15) is 0 Å². The van der Waals surface area contributed by atoms with Gasteiger partial charge in [-0.15, -0.1) is 0 Å². The zero-order valence-corrected chi connectivity index (χ0v) is 10.7. The van der Waals surface area contributed by atoms with Crippen LogP contribution in [0.5, 0.6) is 0 Å². The predicted molar refractivity (Wildman–Crippen MR) is 69.1 cm³/mol. The molecule has 18 heavy (non-hydrogen) atoms. The number of hydrogen-bond donors (Lipinski definition) is 2. The summed E-state index contributed by atoms with van der Waals surface area (Å²) in [5.41, 5.74) is 1.90. The van der Waals surface area contributed by atoms with Crippen LogP contribution in [0.2, 0.25) is 0 Å². The van der Waals surface area contributed by atoms with E-state index in [9.17, 15) is 4.79 Å². The predicted octanol–water partition coefficient (Wildman–Crippen LogP) is 1.76. The van der Waals surface area contributed by atoms with Crippen molar-refractivity contribution < 1.29 is 9.90 Å². The van der Waals surface area contributed by atoms with Gasteiger partial charge in [-0.3, -0.25) is 4.79 Å². The minimum absolute atomic E-state index is 0.0162. The Hall–Kier alpha value is -1.86. The molecule has 0 radical (unpaired) electrons. The highest BCUT2D eigenvalue weighted by Gasteiger charge is 2.13. The Labute approximate surface area is 107 Å². The van der Waals surface area contributed by atoms with Crippen molar-refractivity contribution in [2.45, 2.75) is 32.7 Å². The van der Waals surface area contributed by atoms with Crippen LogP contribution in [0.4, 0.5) is 0 Å². The highest BCUT2D eigenvalue weighted by atomic mass is 16.3. The zero-order chi connectivity index (χ0) is 13.5. The summed E-state index contributed by atoms with van der Waals surface area (Å²) in [6.45, 7) is 3.83. The van der Waals surface area contributed by atoms with Gasteiger partial charge in [0, 0.05) is 18.2 Å². The summed E-state index contributed by atoms with van der Waals surface area (Å²) in [5.74, 6) is -0.155. The van der Waals surface area contributed by atoms with Crippen LogP contribution in [-0.4, -0.2) is 23.7 Å². The maximum atomic E-state index is 12.0. The summed E-state index contributed by atoms with van der Waals surface area (Å²) in [6, 6.07) is 7.02. The van der Waals surface area contributed by atoms with Crippen molar-refractivity contribution in [3.8, 4) is 6.07 Å². The van der Waals surface area contributed by atoms with Gasteiger partial charge in [-0.05, 0) is 43.5 Å². The average molecular weight is 246 g/mol. The Balaban J connectivity index is 2.81. The van der Waals surface area contributed by atoms with E-state index in [1.54, 1.807) is 18.2 Å². The number of nitriles is 1. The molecule has 1 atom stereocenters. The number of nitrogens with one attached hydrogen (secondary N) is 1. The molecule has 0 saturated carbocycles. The van der Waals surface area contributed by atoms with E-state index >= 15 is 0 Å². The van der Waals surface area contributed by atoms with Crippen molar-refractivity contribution in [1.82, 2.24) is 5.32 Å². The van der Waals surface area contributed by atoms with Crippen molar-refractivity contribution in [3.05, 3.63) is 34.9 Å². The second-order valence-electron chi connectivity index (χ2n) is 4.23. The molecule has 0 heterocycles. The van der Waals surface area contributed by atoms with E-state index in [0.29, 0.717) is 17.5 Å². The Morgan fingerprint density at radius 2 is 2.28 bits per heavy atom. The monoisotopic (exact) mass is 246 g/mol. The number of aryl methyl sites for hydroxylation is 1. The maximum Gasteiger partial charge on any atom is 0.251 e. The number of nitrogens with zero attached hydrogens (tertiary/aromatic N) is 1. The van der Waals surface area contributed by atoms with E-state index in [0.717, 1.165) is 12.0 Å². The maximum absolute atomic E-state index is 12.0. The van der Waals surface area contributed by atoms with Crippen molar-refractivity contribution >= 4 is 5.91 Å². The number of aliphatic hydroxyl groups is 1. The molecule has 0 aliphatic heterocycles. The largest absolute Gasteiger partial charge is 0.396 e. The molecule has 1 aromatic rings. The highest BCUT2D eigenvalue weighted by Crippen LogP contribution is 2.11. The first kappa shape index (κ1) is 14.2. The smallest absolute Gasteiger partial charge is 0.251 e. The topological polar surface area (TPSA) is 73.1 Å². The lowest BCUT2D eigenvalue weighted by Crippen LogP contribution is -2.35. The lowest BCUT2D eigenvalue weighted by atomic mass is 10.0. The molecule has 0 saturated heterocycles. The van der Waals surface area contributed by atoms with Gasteiger partial charge in [0.25, 0.3) is 5.91 Å². The zero-order valence-electron chi connectivity index (χ0n) is 10.7.